The lowest BCUT2D eigenvalue weighted by Gasteiger charge is -2.25. The summed E-state index contributed by atoms with van der Waals surface area (Å²) in [6.07, 6.45) is 0. The number of ether oxygens (including phenoxy) is 1. The van der Waals surface area contributed by atoms with Crippen molar-refractivity contribution in [3.8, 4) is 5.75 Å². The van der Waals surface area contributed by atoms with Crippen molar-refractivity contribution in [2.75, 3.05) is 12.0 Å². The third-order valence-electron chi connectivity index (χ3n) is 5.03. The summed E-state index contributed by atoms with van der Waals surface area (Å²) in [7, 11) is 1.56. The van der Waals surface area contributed by atoms with Gasteiger partial charge in [0.05, 0.1) is 18.7 Å². The second kappa shape index (κ2) is 8.05. The summed E-state index contributed by atoms with van der Waals surface area (Å²) in [5, 5.41) is 11.5. The van der Waals surface area contributed by atoms with Crippen molar-refractivity contribution in [3.63, 3.8) is 0 Å². The van der Waals surface area contributed by atoms with E-state index in [1.54, 1.807) is 79.9 Å². The Balaban J connectivity index is 1.92. The zero-order chi connectivity index (χ0) is 21.3. The van der Waals surface area contributed by atoms with E-state index in [1.165, 1.54) is 4.90 Å². The number of Topliss-reactive ketones (excluding diaryl/α,β-unsaturated/α-hetero) is 1. The molecular weight excluding hydrogens is 402 g/mol. The second-order valence-corrected chi connectivity index (χ2v) is 7.22. The largest absolute Gasteiger partial charge is 0.507 e. The average Bonchev–Trinajstić information content (AvgIpc) is 3.05. The molecule has 1 amide bonds. The normalized spacial score (nSPS) is 17.9. The molecule has 0 spiro atoms. The van der Waals surface area contributed by atoms with Gasteiger partial charge in [-0.15, -0.1) is 0 Å². The predicted molar refractivity (Wildman–Crippen MR) is 116 cm³/mol. The molecule has 1 heterocycles. The van der Waals surface area contributed by atoms with Crippen LogP contribution in [0.4, 0.5) is 5.69 Å². The Bertz CT molecular complexity index is 1120. The maximum atomic E-state index is 13.0. The Morgan fingerprint density at radius 1 is 0.933 bits per heavy atom. The molecule has 1 atom stereocenters. The predicted octanol–water partition coefficient (Wildman–Crippen LogP) is 4.97. The summed E-state index contributed by atoms with van der Waals surface area (Å²) in [5.74, 6) is -1.03. The molecule has 1 aliphatic heterocycles. The molecule has 6 heteroatoms. The quantitative estimate of drug-likeness (QED) is 0.368. The number of carbonyl (C=O) groups excluding carboxylic acids is 2. The fourth-order valence-electron chi connectivity index (χ4n) is 3.55. The van der Waals surface area contributed by atoms with Gasteiger partial charge in [0.1, 0.15) is 11.5 Å². The number of aliphatic hydroxyl groups excluding tert-OH is 1. The summed E-state index contributed by atoms with van der Waals surface area (Å²) in [6.45, 7) is 0. The molecule has 30 heavy (non-hydrogen) atoms. The number of aliphatic hydroxyl groups is 1. The first-order valence-corrected chi connectivity index (χ1v) is 9.65. The molecule has 0 saturated carbocycles. The summed E-state index contributed by atoms with van der Waals surface area (Å²) >= 11 is 6.00. The zero-order valence-electron chi connectivity index (χ0n) is 16.1. The molecular formula is C24H18ClNO4. The highest BCUT2D eigenvalue weighted by molar-refractivity contribution is 6.51. The fourth-order valence-corrected chi connectivity index (χ4v) is 3.68. The van der Waals surface area contributed by atoms with Gasteiger partial charge in [-0.2, -0.15) is 0 Å². The van der Waals surface area contributed by atoms with E-state index in [-0.39, 0.29) is 11.3 Å². The van der Waals surface area contributed by atoms with Crippen molar-refractivity contribution in [1.82, 2.24) is 0 Å². The monoisotopic (exact) mass is 419 g/mol. The lowest BCUT2D eigenvalue weighted by molar-refractivity contribution is -0.132. The van der Waals surface area contributed by atoms with Crippen LogP contribution in [-0.2, 0) is 9.59 Å². The van der Waals surface area contributed by atoms with Crippen molar-refractivity contribution in [2.45, 2.75) is 6.04 Å². The third kappa shape index (κ3) is 3.44. The molecule has 1 saturated heterocycles. The zero-order valence-corrected chi connectivity index (χ0v) is 16.8. The Kier molecular flexibility index (Phi) is 5.29. The Morgan fingerprint density at radius 2 is 1.57 bits per heavy atom. The number of ketones is 1. The van der Waals surface area contributed by atoms with Crippen molar-refractivity contribution >= 4 is 34.7 Å². The average molecular weight is 420 g/mol. The molecule has 4 rings (SSSR count). The van der Waals surface area contributed by atoms with Crippen molar-refractivity contribution < 1.29 is 19.4 Å². The second-order valence-electron chi connectivity index (χ2n) is 6.78. The van der Waals surface area contributed by atoms with E-state index < -0.39 is 17.7 Å². The number of anilines is 1. The van der Waals surface area contributed by atoms with Gasteiger partial charge in [0, 0.05) is 16.3 Å². The van der Waals surface area contributed by atoms with Gasteiger partial charge < -0.3 is 9.84 Å². The molecule has 3 aromatic carbocycles. The number of hydrogen-bond donors (Lipinski definition) is 1. The van der Waals surface area contributed by atoms with Gasteiger partial charge >= 0.3 is 0 Å². The number of halogens is 1. The minimum atomic E-state index is -0.794. The number of hydrogen-bond acceptors (Lipinski definition) is 4. The summed E-state index contributed by atoms with van der Waals surface area (Å²) in [5.41, 5.74) is 1.67. The number of amides is 1. The molecule has 0 aromatic heterocycles. The molecule has 0 radical (unpaired) electrons. The van der Waals surface area contributed by atoms with E-state index >= 15 is 0 Å². The molecule has 1 N–H and O–H groups in total. The smallest absolute Gasteiger partial charge is 0.300 e. The number of nitrogens with zero attached hydrogens (tertiary/aromatic N) is 1. The maximum Gasteiger partial charge on any atom is 0.300 e. The van der Waals surface area contributed by atoms with Crippen LogP contribution in [0.5, 0.6) is 5.75 Å². The highest BCUT2D eigenvalue weighted by atomic mass is 35.5. The molecule has 0 aliphatic carbocycles. The van der Waals surface area contributed by atoms with E-state index in [0.29, 0.717) is 27.6 Å². The molecule has 1 aliphatic rings. The third-order valence-corrected chi connectivity index (χ3v) is 5.28. The first-order chi connectivity index (χ1) is 14.5. The number of methoxy groups -OCH3 is 1. The van der Waals surface area contributed by atoms with E-state index in [2.05, 4.69) is 0 Å². The SMILES string of the molecule is COc1ccc([C@@H]2C(=C(O)c3ccccc3)C(=O)C(=O)N2c2ccc(Cl)cc2)cc1. The van der Waals surface area contributed by atoms with Gasteiger partial charge in [-0.1, -0.05) is 54.1 Å². The van der Waals surface area contributed by atoms with Crippen LogP contribution in [-0.4, -0.2) is 23.9 Å². The van der Waals surface area contributed by atoms with Crippen LogP contribution in [0.2, 0.25) is 5.02 Å². The van der Waals surface area contributed by atoms with Crippen LogP contribution < -0.4 is 9.64 Å². The van der Waals surface area contributed by atoms with Gasteiger partial charge in [-0.3, -0.25) is 14.5 Å². The van der Waals surface area contributed by atoms with Gasteiger partial charge in [-0.05, 0) is 42.0 Å². The topological polar surface area (TPSA) is 66.8 Å². The van der Waals surface area contributed by atoms with E-state index in [1.807, 2.05) is 6.07 Å². The van der Waals surface area contributed by atoms with Crippen molar-refractivity contribution in [1.29, 1.82) is 0 Å². The number of carbonyl (C=O) groups is 2. The van der Waals surface area contributed by atoms with Gasteiger partial charge in [0.15, 0.2) is 0 Å². The van der Waals surface area contributed by atoms with Gasteiger partial charge in [-0.25, -0.2) is 0 Å². The summed E-state index contributed by atoms with van der Waals surface area (Å²) < 4.78 is 5.22. The van der Waals surface area contributed by atoms with Crippen LogP contribution in [0.3, 0.4) is 0 Å². The minimum Gasteiger partial charge on any atom is -0.507 e. The Morgan fingerprint density at radius 3 is 2.17 bits per heavy atom. The number of rotatable bonds is 4. The number of benzene rings is 3. The molecule has 3 aromatic rings. The molecule has 5 nitrogen and oxygen atoms in total. The van der Waals surface area contributed by atoms with E-state index in [4.69, 9.17) is 16.3 Å². The molecule has 150 valence electrons. The maximum absolute atomic E-state index is 13.0. The Labute approximate surface area is 178 Å². The van der Waals surface area contributed by atoms with E-state index in [9.17, 15) is 14.7 Å². The first-order valence-electron chi connectivity index (χ1n) is 9.27. The van der Waals surface area contributed by atoms with Crippen molar-refractivity contribution in [2.24, 2.45) is 0 Å². The molecule has 1 fully saturated rings. The highest BCUT2D eigenvalue weighted by Crippen LogP contribution is 2.42. The molecule has 0 bridgehead atoms. The Hall–Kier alpha value is -3.57. The highest BCUT2D eigenvalue weighted by Gasteiger charge is 2.46. The van der Waals surface area contributed by atoms with Crippen molar-refractivity contribution in [3.05, 3.63) is 101 Å². The lowest BCUT2D eigenvalue weighted by atomic mass is 9.95. The van der Waals surface area contributed by atoms with Crippen LogP contribution in [0.15, 0.2) is 84.4 Å². The summed E-state index contributed by atoms with van der Waals surface area (Å²) in [6, 6.07) is 21.6. The minimum absolute atomic E-state index is 0.0336. The van der Waals surface area contributed by atoms with Crippen LogP contribution >= 0.6 is 11.6 Å². The van der Waals surface area contributed by atoms with Crippen LogP contribution in [0, 0.1) is 0 Å². The van der Waals surface area contributed by atoms with Crippen LogP contribution in [0.25, 0.3) is 5.76 Å². The van der Waals surface area contributed by atoms with Crippen LogP contribution in [0.1, 0.15) is 17.2 Å². The van der Waals surface area contributed by atoms with E-state index in [0.717, 1.165) is 0 Å². The first kappa shape index (κ1) is 19.7. The fraction of sp³-hybridized carbons (Fsp3) is 0.0833. The lowest BCUT2D eigenvalue weighted by Crippen LogP contribution is -2.29. The standard InChI is InChI=1S/C24H18ClNO4/c1-30-19-13-7-15(8-14-19)21-20(22(27)16-5-3-2-4-6-16)23(28)24(29)26(21)18-11-9-17(25)10-12-18/h2-14,21,27H,1H3/t21-/m1/s1. The molecule has 0 unspecified atom stereocenters. The summed E-state index contributed by atoms with van der Waals surface area (Å²) in [4.78, 5) is 27.4. The van der Waals surface area contributed by atoms with Gasteiger partial charge in [0.2, 0.25) is 0 Å². The van der Waals surface area contributed by atoms with Gasteiger partial charge in [0.25, 0.3) is 11.7 Å².